The second-order valence-electron chi connectivity index (χ2n) is 16.1. The van der Waals surface area contributed by atoms with Crippen LogP contribution >= 0.6 is 0 Å². The number of aliphatic hydroxyl groups excluding tert-OH is 1. The Hall–Kier alpha value is -6.39. The number of aliphatic imine (C=N–C) groups is 1. The van der Waals surface area contributed by atoms with Gasteiger partial charge in [0.1, 0.15) is 41.6 Å². The van der Waals surface area contributed by atoms with Gasteiger partial charge < -0.3 is 86.7 Å². The largest absolute Gasteiger partial charge is 0.477 e. The van der Waals surface area contributed by atoms with E-state index >= 15 is 0 Å². The molecule has 0 bridgehead atoms. The molecule has 8 amide bonds. The first kappa shape index (κ1) is 60.6. The minimum absolute atomic E-state index is 0.0599. The molecule has 388 valence electrons. The lowest BCUT2D eigenvalue weighted by molar-refractivity contribution is -0.137. The number of carboxylic acid groups (broad SMARTS) is 1. The highest BCUT2D eigenvalue weighted by Crippen LogP contribution is 2.20. The molecule has 27 nitrogen and oxygen atoms in total. The molecule has 0 unspecified atom stereocenters. The second-order valence-corrected chi connectivity index (χ2v) is 16.1. The van der Waals surface area contributed by atoms with E-state index in [-0.39, 0.29) is 82.8 Å². The predicted octanol–water partition coefficient (Wildman–Crippen LogP) is -5.80. The van der Waals surface area contributed by atoms with Gasteiger partial charge in [-0.05, 0) is 97.2 Å². The fourth-order valence-electron chi connectivity index (χ4n) is 6.71. The molecular weight excluding hydrogens is 905 g/mol. The number of nitrogens with zero attached hydrogens (tertiary/aromatic N) is 2. The van der Waals surface area contributed by atoms with Gasteiger partial charge in [-0.3, -0.25) is 43.8 Å². The molecule has 0 aromatic heterocycles. The molecule has 22 N–H and O–H groups in total. The molecule has 0 aliphatic carbocycles. The fraction of sp³-hybridized carbons (Fsp3) is 0.643. The molecule has 69 heavy (non-hydrogen) atoms. The van der Waals surface area contributed by atoms with Crippen LogP contribution in [0.2, 0.25) is 0 Å². The molecule has 0 aromatic carbocycles. The average molecular weight is 979 g/mol. The number of amides is 8. The number of likely N-dealkylation sites (tertiary alicyclic amines) is 1. The minimum atomic E-state index is -1.57. The Bertz CT molecular complexity index is 1850. The Morgan fingerprint density at radius 1 is 0.826 bits per heavy atom. The highest BCUT2D eigenvalue weighted by atomic mass is 16.4. The number of unbranched alkanes of at least 4 members (excludes halogenated alkanes) is 2. The zero-order chi connectivity index (χ0) is 52.1. The van der Waals surface area contributed by atoms with Crippen LogP contribution in [0.1, 0.15) is 84.0 Å². The number of carbonyl (C=O) groups excluding carboxylic acids is 8. The maximum absolute atomic E-state index is 13.9. The van der Waals surface area contributed by atoms with Gasteiger partial charge in [0.15, 0.2) is 5.96 Å². The number of hydrogen-bond acceptors (Lipinski definition) is 16. The molecule has 1 fully saturated rings. The van der Waals surface area contributed by atoms with Crippen molar-refractivity contribution in [1.82, 2.24) is 42.1 Å². The number of carboxylic acids is 1. The van der Waals surface area contributed by atoms with Crippen molar-refractivity contribution in [3.63, 3.8) is 0 Å². The number of aliphatic carboxylic acids is 1. The molecule has 1 aliphatic heterocycles. The number of guanidine groups is 1. The lowest BCUT2D eigenvalue weighted by Crippen LogP contribution is -2.60. The van der Waals surface area contributed by atoms with Crippen molar-refractivity contribution in [1.29, 1.82) is 5.41 Å². The van der Waals surface area contributed by atoms with Crippen molar-refractivity contribution in [2.45, 2.75) is 126 Å². The number of nitrogens with one attached hydrogen (secondary N) is 8. The SMILES string of the molecule is C=CC[C@H](NC(=O)[C@@H]1CCCN1C(=O)/C(CCCN)=N/C(=O)CNC(=O)[C@H](C)NC(=O)[C@@H](NC(=O)[C@@H](N)CCCCN)[C@@H](O)CN)C(=O)N[C@@H](CCCCN)C(=O)N/C(=C\CCNC(=N)N)C(=O)O. The van der Waals surface area contributed by atoms with Crippen LogP contribution < -0.4 is 71.6 Å². The van der Waals surface area contributed by atoms with E-state index in [4.69, 9.17) is 39.8 Å². The minimum Gasteiger partial charge on any atom is -0.477 e. The van der Waals surface area contributed by atoms with E-state index < -0.39 is 114 Å². The van der Waals surface area contributed by atoms with Gasteiger partial charge in [-0.15, -0.1) is 6.58 Å². The molecule has 0 saturated carbocycles. The third-order valence-electron chi connectivity index (χ3n) is 10.5. The smallest absolute Gasteiger partial charge is 0.352 e. The van der Waals surface area contributed by atoms with Gasteiger partial charge in [-0.2, -0.15) is 0 Å². The third kappa shape index (κ3) is 22.5. The van der Waals surface area contributed by atoms with Crippen LogP contribution in [0, 0.1) is 5.41 Å². The molecule has 1 saturated heterocycles. The third-order valence-corrected chi connectivity index (χ3v) is 10.5. The summed E-state index contributed by atoms with van der Waals surface area (Å²) >= 11 is 0. The van der Waals surface area contributed by atoms with Gasteiger partial charge in [0.2, 0.25) is 35.4 Å². The molecule has 7 atom stereocenters. The average Bonchev–Trinajstić information content (AvgIpc) is 3.81. The zero-order valence-electron chi connectivity index (χ0n) is 39.3. The monoisotopic (exact) mass is 979 g/mol. The van der Waals surface area contributed by atoms with E-state index in [0.717, 1.165) is 0 Å². The van der Waals surface area contributed by atoms with Gasteiger partial charge in [-0.25, -0.2) is 9.79 Å². The topological polar surface area (TPSA) is 474 Å². The summed E-state index contributed by atoms with van der Waals surface area (Å²) < 4.78 is 0. The predicted molar refractivity (Wildman–Crippen MR) is 254 cm³/mol. The van der Waals surface area contributed by atoms with Crippen LogP contribution in [0.3, 0.4) is 0 Å². The van der Waals surface area contributed by atoms with Crippen LogP contribution in [0.4, 0.5) is 0 Å². The Balaban J connectivity index is 3.13. The molecule has 0 aromatic rings. The van der Waals surface area contributed by atoms with Crippen molar-refractivity contribution in [2.24, 2.45) is 39.4 Å². The first-order valence-corrected chi connectivity index (χ1v) is 22.8. The second kappa shape index (κ2) is 33.2. The lowest BCUT2D eigenvalue weighted by Gasteiger charge is -2.27. The van der Waals surface area contributed by atoms with Crippen LogP contribution in [0.5, 0.6) is 0 Å². The number of aliphatic hydroxyl groups is 1. The fourth-order valence-corrected chi connectivity index (χ4v) is 6.71. The van der Waals surface area contributed by atoms with E-state index in [1.165, 1.54) is 24.0 Å². The highest BCUT2D eigenvalue weighted by molar-refractivity contribution is 6.40. The van der Waals surface area contributed by atoms with Crippen molar-refractivity contribution >= 4 is 64.9 Å². The van der Waals surface area contributed by atoms with Crippen LogP contribution in [0.25, 0.3) is 0 Å². The summed E-state index contributed by atoms with van der Waals surface area (Å²) in [6, 6.07) is -7.55. The van der Waals surface area contributed by atoms with E-state index in [2.05, 4.69) is 48.8 Å². The standard InChI is InChI=1S/C42H74N16O11/c1-3-11-26(36(63)54-27(13-5-7-18-44)37(64)56-29(41(68)69)15-9-20-50-42(48)49)55-38(65)30-16-10-21-58(30)40(67)28(14-8-19-45)53-32(60)23-51-34(61)24(2)52-39(66)33(31(59)22-46)57-35(62)25(47)12-4-6-17-43/h3,15,24-27,30-31,33,59H,1,4-14,16-23,43-47H2,2H3,(H,51,61)(H,52,66)(H,54,63)(H,55,65)(H,56,64)(H,57,62)(H,68,69)(H4,48,49,50)/b29-15-,53-28+/t24-,25-,26-,27-,30-,31-,33-/m0/s1. The molecule has 1 heterocycles. The quantitative estimate of drug-likeness (QED) is 0.00957. The van der Waals surface area contributed by atoms with Crippen molar-refractivity contribution < 1.29 is 53.4 Å². The first-order valence-electron chi connectivity index (χ1n) is 22.8. The summed E-state index contributed by atoms with van der Waals surface area (Å²) in [6.07, 6.45) is 4.02. The number of rotatable bonds is 33. The van der Waals surface area contributed by atoms with E-state index in [9.17, 15) is 53.4 Å². The Labute approximate surface area is 401 Å². The summed E-state index contributed by atoms with van der Waals surface area (Å²) in [6.45, 7) is 4.76. The summed E-state index contributed by atoms with van der Waals surface area (Å²) in [4.78, 5) is 124. The molecule has 1 rings (SSSR count). The zero-order valence-corrected chi connectivity index (χ0v) is 39.3. The molecular formula is C42H74N16O11. The molecule has 1 aliphatic rings. The number of hydrogen-bond donors (Lipinski definition) is 16. The number of nitrogens with two attached hydrogens (primary N) is 6. The molecule has 0 spiro atoms. The van der Waals surface area contributed by atoms with Gasteiger partial charge >= 0.3 is 5.97 Å². The highest BCUT2D eigenvalue weighted by Gasteiger charge is 2.38. The van der Waals surface area contributed by atoms with Crippen LogP contribution in [-0.4, -0.2) is 168 Å². The maximum Gasteiger partial charge on any atom is 0.352 e. The normalized spacial score (nSPS) is 16.3. The van der Waals surface area contributed by atoms with E-state index in [0.29, 0.717) is 38.6 Å². The maximum atomic E-state index is 13.9. The molecule has 27 heteroatoms. The van der Waals surface area contributed by atoms with Crippen LogP contribution in [-0.2, 0) is 43.2 Å². The van der Waals surface area contributed by atoms with Gasteiger partial charge in [0.25, 0.3) is 11.8 Å². The lowest BCUT2D eigenvalue weighted by atomic mass is 10.1. The van der Waals surface area contributed by atoms with Gasteiger partial charge in [-0.1, -0.05) is 18.6 Å². The summed E-state index contributed by atoms with van der Waals surface area (Å²) in [5, 5.41) is 44.3. The van der Waals surface area contributed by atoms with Crippen molar-refractivity contribution in [3.8, 4) is 0 Å². The van der Waals surface area contributed by atoms with Gasteiger partial charge in [0, 0.05) is 19.6 Å². The summed E-state index contributed by atoms with van der Waals surface area (Å²) in [5.41, 5.74) is 32.8. The van der Waals surface area contributed by atoms with E-state index in [1.807, 2.05) is 0 Å². The van der Waals surface area contributed by atoms with Crippen molar-refractivity contribution in [3.05, 3.63) is 24.4 Å². The van der Waals surface area contributed by atoms with Crippen molar-refractivity contribution in [2.75, 3.05) is 45.8 Å². The van der Waals surface area contributed by atoms with E-state index in [1.54, 1.807) is 0 Å². The van der Waals surface area contributed by atoms with Crippen LogP contribution in [0.15, 0.2) is 29.4 Å². The Morgan fingerprint density at radius 2 is 1.48 bits per heavy atom. The Kier molecular flexibility index (Phi) is 29.1. The van der Waals surface area contributed by atoms with Gasteiger partial charge in [0.05, 0.1) is 18.7 Å². The Morgan fingerprint density at radius 3 is 2.07 bits per heavy atom. The number of carbonyl (C=O) groups is 9. The molecule has 0 radical (unpaired) electrons. The first-order chi connectivity index (χ1) is 32.8. The summed E-state index contributed by atoms with van der Waals surface area (Å²) in [5.74, 6) is -8.46. The summed E-state index contributed by atoms with van der Waals surface area (Å²) in [7, 11) is 0.